The molecule has 2 rings (SSSR count). The van der Waals surface area contributed by atoms with E-state index in [4.69, 9.17) is 17.3 Å². The van der Waals surface area contributed by atoms with Gasteiger partial charge in [0.1, 0.15) is 11.9 Å². The summed E-state index contributed by atoms with van der Waals surface area (Å²) in [6, 6.07) is 10.7. The van der Waals surface area contributed by atoms with Crippen LogP contribution in [0.4, 0.5) is 10.1 Å². The highest BCUT2D eigenvalue weighted by atomic mass is 35.5. The maximum absolute atomic E-state index is 13.3. The summed E-state index contributed by atoms with van der Waals surface area (Å²) in [6.07, 6.45) is 0. The van der Waals surface area contributed by atoms with Gasteiger partial charge in [-0.1, -0.05) is 35.9 Å². The smallest absolute Gasteiger partial charge is 0.244 e. The number of carbonyl (C=O) groups excluding carboxylic acids is 1. The molecule has 2 aromatic carbocycles. The number of hydrogen-bond donors (Lipinski definition) is 2. The van der Waals surface area contributed by atoms with Gasteiger partial charge in [0.15, 0.2) is 0 Å². The molecule has 0 fully saturated rings. The summed E-state index contributed by atoms with van der Waals surface area (Å²) in [4.78, 5) is 11.6. The van der Waals surface area contributed by atoms with Crippen molar-refractivity contribution in [1.82, 2.24) is 0 Å². The summed E-state index contributed by atoms with van der Waals surface area (Å²) in [5.74, 6) is -0.884. The van der Waals surface area contributed by atoms with Crippen molar-refractivity contribution in [2.75, 3.05) is 5.32 Å². The second kappa shape index (κ2) is 5.92. The summed E-state index contributed by atoms with van der Waals surface area (Å²) in [5, 5.41) is 3.46. The van der Waals surface area contributed by atoms with Crippen LogP contribution in [0.2, 0.25) is 5.02 Å². The van der Waals surface area contributed by atoms with Crippen molar-refractivity contribution in [2.45, 2.75) is 13.0 Å². The fourth-order valence-corrected chi connectivity index (χ4v) is 2.09. The first-order chi connectivity index (χ1) is 9.49. The van der Waals surface area contributed by atoms with Gasteiger partial charge in [-0.25, -0.2) is 4.39 Å². The molecule has 3 N–H and O–H groups in total. The lowest BCUT2D eigenvalue weighted by Gasteiger charge is -2.18. The zero-order valence-corrected chi connectivity index (χ0v) is 11.6. The van der Waals surface area contributed by atoms with E-state index in [2.05, 4.69) is 5.32 Å². The van der Waals surface area contributed by atoms with Crippen molar-refractivity contribution < 1.29 is 9.18 Å². The zero-order valence-electron chi connectivity index (χ0n) is 10.9. The van der Waals surface area contributed by atoms with E-state index in [-0.39, 0.29) is 5.82 Å². The molecule has 0 heterocycles. The number of nitrogens with one attached hydrogen (secondary N) is 1. The Morgan fingerprint density at radius 3 is 2.60 bits per heavy atom. The number of hydrogen-bond acceptors (Lipinski definition) is 2. The van der Waals surface area contributed by atoms with E-state index in [0.717, 1.165) is 0 Å². The molecule has 2 aromatic rings. The highest BCUT2D eigenvalue weighted by Crippen LogP contribution is 2.26. The third kappa shape index (κ3) is 3.08. The van der Waals surface area contributed by atoms with Gasteiger partial charge < -0.3 is 11.1 Å². The summed E-state index contributed by atoms with van der Waals surface area (Å²) >= 11 is 6.04. The topological polar surface area (TPSA) is 55.1 Å². The lowest BCUT2D eigenvalue weighted by Crippen LogP contribution is -2.28. The second-order valence-electron chi connectivity index (χ2n) is 4.47. The van der Waals surface area contributed by atoms with Gasteiger partial charge in [-0.2, -0.15) is 0 Å². The van der Waals surface area contributed by atoms with Crippen LogP contribution in [-0.2, 0) is 4.79 Å². The fraction of sp³-hybridized carbons (Fsp3) is 0.133. The van der Waals surface area contributed by atoms with Gasteiger partial charge in [-0.3, -0.25) is 4.79 Å². The molecule has 0 aliphatic heterocycles. The van der Waals surface area contributed by atoms with Crippen molar-refractivity contribution in [3.05, 3.63) is 64.4 Å². The van der Waals surface area contributed by atoms with E-state index in [1.807, 2.05) is 0 Å². The lowest BCUT2D eigenvalue weighted by molar-refractivity contribution is -0.118. The Bertz CT molecular complexity index is 646. The van der Waals surface area contributed by atoms with Gasteiger partial charge in [0.25, 0.3) is 0 Å². The summed E-state index contributed by atoms with van der Waals surface area (Å²) < 4.78 is 13.3. The molecule has 1 amide bonds. The minimum Gasteiger partial charge on any atom is -0.369 e. The highest BCUT2D eigenvalue weighted by molar-refractivity contribution is 6.33. The van der Waals surface area contributed by atoms with Crippen molar-refractivity contribution in [3.8, 4) is 0 Å². The first-order valence-corrected chi connectivity index (χ1v) is 6.43. The molecular weight excluding hydrogens is 279 g/mol. The Kier molecular flexibility index (Phi) is 4.25. The normalized spacial score (nSPS) is 11.9. The fourth-order valence-electron chi connectivity index (χ4n) is 1.90. The molecule has 0 spiro atoms. The number of anilines is 1. The minimum absolute atomic E-state index is 0.324. The van der Waals surface area contributed by atoms with Gasteiger partial charge >= 0.3 is 0 Å². The molecule has 1 unspecified atom stereocenters. The van der Waals surface area contributed by atoms with Crippen molar-refractivity contribution >= 4 is 23.2 Å². The summed E-state index contributed by atoms with van der Waals surface area (Å²) in [6.45, 7) is 1.63. The molecular formula is C15H14ClFN2O. The second-order valence-corrected chi connectivity index (χ2v) is 4.88. The quantitative estimate of drug-likeness (QED) is 0.907. The van der Waals surface area contributed by atoms with Crippen LogP contribution >= 0.6 is 11.6 Å². The Labute approximate surface area is 121 Å². The van der Waals surface area contributed by atoms with Gasteiger partial charge in [-0.15, -0.1) is 0 Å². The van der Waals surface area contributed by atoms with Gasteiger partial charge in [0.2, 0.25) is 5.91 Å². The molecule has 0 aliphatic carbocycles. The van der Waals surface area contributed by atoms with E-state index >= 15 is 0 Å². The van der Waals surface area contributed by atoms with Crippen LogP contribution in [0.15, 0.2) is 42.5 Å². The van der Waals surface area contributed by atoms with Crippen LogP contribution in [0.25, 0.3) is 0 Å². The van der Waals surface area contributed by atoms with E-state index in [1.165, 1.54) is 12.1 Å². The Hall–Kier alpha value is -2.07. The lowest BCUT2D eigenvalue weighted by atomic mass is 10.0. The van der Waals surface area contributed by atoms with Gasteiger partial charge in [0, 0.05) is 0 Å². The average Bonchev–Trinajstić information content (AvgIpc) is 2.41. The van der Waals surface area contributed by atoms with Crippen molar-refractivity contribution in [1.29, 1.82) is 0 Å². The predicted octanol–water partition coefficient (Wildman–Crippen LogP) is 3.43. The molecule has 104 valence electrons. The number of rotatable bonds is 4. The van der Waals surface area contributed by atoms with Crippen molar-refractivity contribution in [3.63, 3.8) is 0 Å². The SMILES string of the molecule is Cc1cc(C(Nc2ccccc2Cl)C(N)=O)ccc1F. The van der Waals surface area contributed by atoms with Crippen molar-refractivity contribution in [2.24, 2.45) is 5.73 Å². The molecule has 0 saturated heterocycles. The van der Waals surface area contributed by atoms with Crippen LogP contribution < -0.4 is 11.1 Å². The average molecular weight is 293 g/mol. The number of primary amides is 1. The number of para-hydroxylation sites is 1. The van der Waals surface area contributed by atoms with Crippen LogP contribution in [-0.4, -0.2) is 5.91 Å². The molecule has 5 heteroatoms. The number of benzene rings is 2. The standard InChI is InChI=1S/C15H14ClFN2O/c1-9-8-10(6-7-12(9)17)14(15(18)20)19-13-5-3-2-4-11(13)16/h2-8,14,19H,1H3,(H2,18,20). The van der Waals surface area contributed by atoms with E-state index < -0.39 is 11.9 Å². The molecule has 0 bridgehead atoms. The zero-order chi connectivity index (χ0) is 14.7. The Morgan fingerprint density at radius 1 is 1.30 bits per heavy atom. The number of halogens is 2. The molecule has 0 radical (unpaired) electrons. The summed E-state index contributed by atoms with van der Waals surface area (Å²) in [5.41, 5.74) is 7.06. The molecule has 0 saturated carbocycles. The number of carbonyl (C=O) groups is 1. The van der Waals surface area contributed by atoms with Crippen LogP contribution in [0.1, 0.15) is 17.2 Å². The summed E-state index contributed by atoms with van der Waals surface area (Å²) in [7, 11) is 0. The van der Waals surface area contributed by atoms with Crippen LogP contribution in [0.3, 0.4) is 0 Å². The van der Waals surface area contributed by atoms with E-state index in [0.29, 0.717) is 21.8 Å². The highest BCUT2D eigenvalue weighted by Gasteiger charge is 2.19. The Balaban J connectivity index is 2.34. The first kappa shape index (κ1) is 14.3. The number of nitrogens with two attached hydrogens (primary N) is 1. The maximum Gasteiger partial charge on any atom is 0.244 e. The molecule has 0 aliphatic rings. The van der Waals surface area contributed by atoms with Crippen LogP contribution in [0, 0.1) is 12.7 Å². The number of amides is 1. The van der Waals surface area contributed by atoms with Gasteiger partial charge in [0.05, 0.1) is 10.7 Å². The molecule has 0 aromatic heterocycles. The monoisotopic (exact) mass is 292 g/mol. The number of aryl methyl sites for hydroxylation is 1. The first-order valence-electron chi connectivity index (χ1n) is 6.05. The maximum atomic E-state index is 13.3. The Morgan fingerprint density at radius 2 is 2.00 bits per heavy atom. The predicted molar refractivity (Wildman–Crippen MR) is 78.1 cm³/mol. The van der Waals surface area contributed by atoms with Gasteiger partial charge in [-0.05, 0) is 36.2 Å². The third-order valence-electron chi connectivity index (χ3n) is 2.97. The largest absolute Gasteiger partial charge is 0.369 e. The van der Waals surface area contributed by atoms with Crippen LogP contribution in [0.5, 0.6) is 0 Å². The molecule has 3 nitrogen and oxygen atoms in total. The third-order valence-corrected chi connectivity index (χ3v) is 3.30. The van der Waals surface area contributed by atoms with E-state index in [9.17, 15) is 9.18 Å². The van der Waals surface area contributed by atoms with E-state index in [1.54, 1.807) is 37.3 Å². The minimum atomic E-state index is -0.769. The molecule has 1 atom stereocenters. The molecule has 20 heavy (non-hydrogen) atoms.